The molecule has 0 aliphatic rings. The number of carbonyl (C=O) groups is 1. The molecule has 3 N–H and O–H groups in total. The normalized spacial score (nSPS) is 11.2. The van der Waals surface area contributed by atoms with Crippen molar-refractivity contribution in [3.8, 4) is 11.5 Å². The number of methoxy groups -OCH3 is 2. The monoisotopic (exact) mass is 481 g/mol. The van der Waals surface area contributed by atoms with Crippen LogP contribution >= 0.6 is 24.0 Å². The van der Waals surface area contributed by atoms with Crippen molar-refractivity contribution in [2.45, 2.75) is 16.6 Å². The van der Waals surface area contributed by atoms with Gasteiger partial charge in [0.05, 0.1) is 14.2 Å². The fourth-order valence-corrected chi connectivity index (χ4v) is 4.32. The van der Waals surface area contributed by atoms with Crippen molar-refractivity contribution in [3.63, 3.8) is 0 Å². The van der Waals surface area contributed by atoms with Crippen molar-refractivity contribution in [3.05, 3.63) is 90.0 Å². The van der Waals surface area contributed by atoms with Gasteiger partial charge in [-0.05, 0) is 54.0 Å². The highest BCUT2D eigenvalue weighted by atomic mass is 32.2. The molecule has 0 heterocycles. The van der Waals surface area contributed by atoms with Gasteiger partial charge in [-0.25, -0.2) is 0 Å². The minimum atomic E-state index is -0.421. The van der Waals surface area contributed by atoms with Crippen molar-refractivity contribution >= 4 is 35.0 Å². The van der Waals surface area contributed by atoms with E-state index in [4.69, 9.17) is 21.7 Å². The molecule has 0 bridgehead atoms. The van der Waals surface area contributed by atoms with Crippen molar-refractivity contribution < 1.29 is 14.3 Å². The van der Waals surface area contributed by atoms with Gasteiger partial charge in [-0.15, -0.1) is 11.8 Å². The van der Waals surface area contributed by atoms with E-state index in [9.17, 15) is 4.79 Å². The SMILES string of the molecule is COc1ccc(CCNC(=S)NNC(=O)C(Sc2ccccc2)c2ccccc2)cc1OC. The smallest absolute Gasteiger partial charge is 0.256 e. The summed E-state index contributed by atoms with van der Waals surface area (Å²) in [7, 11) is 3.22. The first-order valence-electron chi connectivity index (χ1n) is 10.4. The van der Waals surface area contributed by atoms with Gasteiger partial charge in [0, 0.05) is 11.4 Å². The molecule has 1 unspecified atom stereocenters. The number of ether oxygens (including phenoxy) is 2. The Morgan fingerprint density at radius 2 is 1.58 bits per heavy atom. The summed E-state index contributed by atoms with van der Waals surface area (Å²) in [6.45, 7) is 0.595. The second-order valence-electron chi connectivity index (χ2n) is 7.03. The van der Waals surface area contributed by atoms with E-state index in [2.05, 4.69) is 16.2 Å². The zero-order valence-corrected chi connectivity index (χ0v) is 20.2. The van der Waals surface area contributed by atoms with E-state index in [0.717, 1.165) is 22.4 Å². The molecule has 172 valence electrons. The largest absolute Gasteiger partial charge is 0.493 e. The molecule has 0 aromatic heterocycles. The van der Waals surface area contributed by atoms with E-state index in [1.165, 1.54) is 11.8 Å². The van der Waals surface area contributed by atoms with Crippen LogP contribution in [0.15, 0.2) is 83.8 Å². The van der Waals surface area contributed by atoms with Crippen LogP contribution in [0.2, 0.25) is 0 Å². The molecule has 0 radical (unpaired) electrons. The number of hydrazine groups is 1. The summed E-state index contributed by atoms with van der Waals surface area (Å²) in [4.78, 5) is 14.0. The lowest BCUT2D eigenvalue weighted by Crippen LogP contribution is -2.48. The van der Waals surface area contributed by atoms with Crippen LogP contribution in [-0.2, 0) is 11.2 Å². The highest BCUT2D eigenvalue weighted by molar-refractivity contribution is 8.00. The first kappa shape index (κ1) is 24.4. The lowest BCUT2D eigenvalue weighted by atomic mass is 10.1. The average Bonchev–Trinajstić information content (AvgIpc) is 2.86. The molecule has 3 rings (SSSR count). The number of amides is 1. The predicted molar refractivity (Wildman–Crippen MR) is 137 cm³/mol. The number of benzene rings is 3. The summed E-state index contributed by atoms with van der Waals surface area (Å²) in [5, 5.41) is 3.03. The third-order valence-corrected chi connectivity index (χ3v) is 6.30. The maximum absolute atomic E-state index is 13.0. The van der Waals surface area contributed by atoms with Gasteiger partial charge in [0.2, 0.25) is 0 Å². The van der Waals surface area contributed by atoms with Crippen LogP contribution in [0, 0.1) is 0 Å². The highest BCUT2D eigenvalue weighted by Gasteiger charge is 2.22. The van der Waals surface area contributed by atoms with Gasteiger partial charge in [-0.3, -0.25) is 15.6 Å². The Labute approximate surface area is 204 Å². The van der Waals surface area contributed by atoms with Crippen LogP contribution in [-0.4, -0.2) is 31.8 Å². The lowest BCUT2D eigenvalue weighted by Gasteiger charge is -2.18. The van der Waals surface area contributed by atoms with Crippen molar-refractivity contribution in [1.82, 2.24) is 16.2 Å². The summed E-state index contributed by atoms with van der Waals surface area (Å²) in [5.74, 6) is 1.19. The molecule has 0 saturated heterocycles. The van der Waals surface area contributed by atoms with E-state index in [1.54, 1.807) is 14.2 Å². The molecule has 1 atom stereocenters. The second kappa shape index (κ2) is 12.7. The Morgan fingerprint density at radius 3 is 2.24 bits per heavy atom. The molecule has 8 heteroatoms. The molecular formula is C25H27N3O3S2. The van der Waals surface area contributed by atoms with Crippen LogP contribution in [0.25, 0.3) is 0 Å². The van der Waals surface area contributed by atoms with Crippen molar-refractivity contribution in [1.29, 1.82) is 0 Å². The fraction of sp³-hybridized carbons (Fsp3) is 0.200. The molecular weight excluding hydrogens is 454 g/mol. The number of nitrogens with one attached hydrogen (secondary N) is 3. The van der Waals surface area contributed by atoms with Crippen LogP contribution < -0.4 is 25.6 Å². The summed E-state index contributed by atoms with van der Waals surface area (Å²) >= 11 is 6.81. The molecule has 3 aromatic carbocycles. The number of thioether (sulfide) groups is 1. The highest BCUT2D eigenvalue weighted by Crippen LogP contribution is 2.35. The van der Waals surface area contributed by atoms with E-state index < -0.39 is 5.25 Å². The standard InChI is InChI=1S/C25H27N3O3S2/c1-30-21-14-13-18(17-22(21)31-2)15-16-26-25(32)28-27-24(29)23(19-9-5-3-6-10-19)33-20-11-7-4-8-12-20/h3-14,17,23H,15-16H2,1-2H3,(H,27,29)(H2,26,28,32). The van der Waals surface area contributed by atoms with Crippen LogP contribution in [0.3, 0.4) is 0 Å². The third kappa shape index (κ3) is 7.40. The zero-order valence-electron chi connectivity index (χ0n) is 18.5. The number of hydrogen-bond acceptors (Lipinski definition) is 5. The summed E-state index contributed by atoms with van der Waals surface area (Å²) in [6.07, 6.45) is 0.729. The Balaban J connectivity index is 1.52. The minimum absolute atomic E-state index is 0.181. The molecule has 0 aliphatic carbocycles. The van der Waals surface area contributed by atoms with Gasteiger partial charge in [0.1, 0.15) is 5.25 Å². The van der Waals surface area contributed by atoms with Crippen LogP contribution in [0.4, 0.5) is 0 Å². The summed E-state index contributed by atoms with van der Waals surface area (Å²) in [5.41, 5.74) is 7.54. The maximum atomic E-state index is 13.0. The summed E-state index contributed by atoms with van der Waals surface area (Å²) < 4.78 is 10.6. The second-order valence-corrected chi connectivity index (χ2v) is 8.62. The number of rotatable bonds is 9. The van der Waals surface area contributed by atoms with Gasteiger partial charge in [-0.1, -0.05) is 54.6 Å². The molecule has 0 fully saturated rings. The van der Waals surface area contributed by atoms with E-state index in [1.807, 2.05) is 78.9 Å². The first-order chi connectivity index (χ1) is 16.1. The first-order valence-corrected chi connectivity index (χ1v) is 11.7. The fourth-order valence-electron chi connectivity index (χ4n) is 3.12. The van der Waals surface area contributed by atoms with Gasteiger partial charge >= 0.3 is 0 Å². The number of thiocarbonyl (C=S) groups is 1. The topological polar surface area (TPSA) is 71.6 Å². The molecule has 0 saturated carbocycles. The Hall–Kier alpha value is -3.23. The molecule has 3 aromatic rings. The Bertz CT molecular complexity index is 1050. The van der Waals surface area contributed by atoms with Gasteiger partial charge in [0.15, 0.2) is 16.6 Å². The van der Waals surface area contributed by atoms with E-state index >= 15 is 0 Å². The maximum Gasteiger partial charge on any atom is 0.256 e. The molecule has 33 heavy (non-hydrogen) atoms. The average molecular weight is 482 g/mol. The summed E-state index contributed by atoms with van der Waals surface area (Å²) in [6, 6.07) is 25.3. The molecule has 0 spiro atoms. The lowest BCUT2D eigenvalue weighted by molar-refractivity contribution is -0.121. The molecule has 1 amide bonds. The van der Waals surface area contributed by atoms with Crippen LogP contribution in [0.1, 0.15) is 16.4 Å². The Kier molecular flexibility index (Phi) is 9.41. The van der Waals surface area contributed by atoms with Crippen molar-refractivity contribution in [2.24, 2.45) is 0 Å². The van der Waals surface area contributed by atoms with E-state index in [0.29, 0.717) is 23.2 Å². The van der Waals surface area contributed by atoms with Crippen LogP contribution in [0.5, 0.6) is 11.5 Å². The minimum Gasteiger partial charge on any atom is -0.493 e. The zero-order chi connectivity index (χ0) is 23.5. The number of hydrogen-bond donors (Lipinski definition) is 3. The van der Waals surface area contributed by atoms with Gasteiger partial charge < -0.3 is 14.8 Å². The van der Waals surface area contributed by atoms with Gasteiger partial charge in [-0.2, -0.15) is 0 Å². The molecule has 6 nitrogen and oxygen atoms in total. The van der Waals surface area contributed by atoms with Crippen molar-refractivity contribution in [2.75, 3.05) is 20.8 Å². The molecule has 0 aliphatic heterocycles. The number of carbonyl (C=O) groups excluding carboxylic acids is 1. The predicted octanol–water partition coefficient (Wildman–Crippen LogP) is 4.28. The Morgan fingerprint density at radius 1 is 0.909 bits per heavy atom. The quantitative estimate of drug-likeness (QED) is 0.239. The van der Waals surface area contributed by atoms with Gasteiger partial charge in [0.25, 0.3) is 5.91 Å². The third-order valence-electron chi connectivity index (χ3n) is 4.78. The van der Waals surface area contributed by atoms with E-state index in [-0.39, 0.29) is 5.91 Å².